The van der Waals surface area contributed by atoms with Crippen LogP contribution in [0.15, 0.2) is 65.8 Å². The highest BCUT2D eigenvalue weighted by molar-refractivity contribution is 5.70. The zero-order valence-corrected chi connectivity index (χ0v) is 15.6. The first kappa shape index (κ1) is 18.0. The second kappa shape index (κ2) is 7.68. The van der Waals surface area contributed by atoms with Crippen LogP contribution in [0, 0.1) is 5.82 Å². The number of halogens is 1. The number of rotatable bonds is 6. The molecule has 5 nitrogen and oxygen atoms in total. The van der Waals surface area contributed by atoms with Gasteiger partial charge in [0.25, 0.3) is 5.56 Å². The van der Waals surface area contributed by atoms with E-state index in [0.717, 1.165) is 35.5 Å². The highest BCUT2D eigenvalue weighted by Crippen LogP contribution is 2.24. The minimum atomic E-state index is -0.463. The molecule has 1 aromatic carbocycles. The van der Waals surface area contributed by atoms with Gasteiger partial charge in [-0.1, -0.05) is 25.5 Å². The number of hydrogen-bond acceptors (Lipinski definition) is 3. The monoisotopic (exact) mass is 376 g/mol. The lowest BCUT2D eigenvalue weighted by Crippen LogP contribution is -2.20. The van der Waals surface area contributed by atoms with Crippen molar-refractivity contribution in [3.8, 4) is 11.1 Å². The summed E-state index contributed by atoms with van der Waals surface area (Å²) < 4.78 is 15.0. The van der Waals surface area contributed by atoms with E-state index in [0.29, 0.717) is 17.6 Å². The Balaban J connectivity index is 1.79. The predicted molar refractivity (Wildman–Crippen MR) is 110 cm³/mol. The lowest BCUT2D eigenvalue weighted by molar-refractivity contribution is 0.617. The Hall–Kier alpha value is -3.41. The highest BCUT2D eigenvalue weighted by atomic mass is 19.1. The molecule has 6 heteroatoms. The molecule has 4 rings (SSSR count). The smallest absolute Gasteiger partial charge is 0.266 e. The quantitative estimate of drug-likeness (QED) is 0.502. The normalized spacial score (nSPS) is 11.1. The molecule has 0 saturated heterocycles. The molecular formula is C22H21FN4O. The number of pyridine rings is 1. The molecule has 3 aromatic heterocycles. The topological polar surface area (TPSA) is 62.2 Å². The van der Waals surface area contributed by atoms with Crippen molar-refractivity contribution in [2.45, 2.75) is 26.2 Å². The number of aromatic amines is 1. The third-order valence-corrected chi connectivity index (χ3v) is 4.69. The van der Waals surface area contributed by atoms with E-state index in [2.05, 4.69) is 22.2 Å². The first-order valence-corrected chi connectivity index (χ1v) is 9.37. The van der Waals surface area contributed by atoms with E-state index in [1.54, 1.807) is 6.07 Å². The molecule has 28 heavy (non-hydrogen) atoms. The van der Waals surface area contributed by atoms with Crippen molar-refractivity contribution in [2.75, 3.05) is 5.32 Å². The van der Waals surface area contributed by atoms with Crippen LogP contribution >= 0.6 is 0 Å². The van der Waals surface area contributed by atoms with Gasteiger partial charge in [0.05, 0.1) is 16.9 Å². The maximum absolute atomic E-state index is 13.7. The molecule has 0 radical (unpaired) electrons. The minimum absolute atomic E-state index is 0.248. The van der Waals surface area contributed by atoms with Crippen LogP contribution < -0.4 is 10.9 Å². The van der Waals surface area contributed by atoms with Gasteiger partial charge >= 0.3 is 0 Å². The van der Waals surface area contributed by atoms with Crippen molar-refractivity contribution in [1.29, 1.82) is 0 Å². The summed E-state index contributed by atoms with van der Waals surface area (Å²) >= 11 is 0. The van der Waals surface area contributed by atoms with Gasteiger partial charge in [0.15, 0.2) is 0 Å². The Morgan fingerprint density at radius 3 is 2.64 bits per heavy atom. The molecule has 0 atom stereocenters. The largest absolute Gasteiger partial charge is 0.366 e. The molecule has 0 amide bonds. The number of nitrogens with zero attached hydrogens (tertiary/aromatic N) is 2. The number of hydrogen-bond donors (Lipinski definition) is 2. The standard InChI is InChI=1S/C22H21FN4O/c1-2-3-4-19-21(22(28)27-14-16(23)7-10-20(27)26-19)15-5-8-17(9-6-15)25-18-11-12-24-13-18/h5-14,24-25H,2-4H2,1H3. The number of H-pyrrole nitrogens is 1. The fourth-order valence-electron chi connectivity index (χ4n) is 3.26. The van der Waals surface area contributed by atoms with E-state index >= 15 is 0 Å². The third kappa shape index (κ3) is 3.53. The van der Waals surface area contributed by atoms with Crippen LogP contribution in [-0.4, -0.2) is 14.4 Å². The minimum Gasteiger partial charge on any atom is -0.366 e. The molecule has 4 aromatic rings. The Bertz CT molecular complexity index is 1150. The summed E-state index contributed by atoms with van der Waals surface area (Å²) in [6.07, 6.45) is 7.55. The van der Waals surface area contributed by atoms with E-state index < -0.39 is 5.82 Å². The first-order valence-electron chi connectivity index (χ1n) is 9.37. The second-order valence-corrected chi connectivity index (χ2v) is 6.72. The van der Waals surface area contributed by atoms with Crippen molar-refractivity contribution < 1.29 is 4.39 Å². The predicted octanol–water partition coefficient (Wildman–Crippen LogP) is 4.91. The van der Waals surface area contributed by atoms with E-state index in [9.17, 15) is 9.18 Å². The molecule has 0 aliphatic heterocycles. The number of aromatic nitrogens is 3. The van der Waals surface area contributed by atoms with Gasteiger partial charge in [0.1, 0.15) is 11.5 Å². The number of aryl methyl sites for hydroxylation is 1. The van der Waals surface area contributed by atoms with Crippen LogP contribution in [0.2, 0.25) is 0 Å². The molecule has 0 fully saturated rings. The van der Waals surface area contributed by atoms with Gasteiger partial charge in [-0.05, 0) is 48.7 Å². The van der Waals surface area contributed by atoms with E-state index in [-0.39, 0.29) is 5.56 Å². The van der Waals surface area contributed by atoms with Gasteiger partial charge in [0.2, 0.25) is 0 Å². The fourth-order valence-corrected chi connectivity index (χ4v) is 3.26. The average Bonchev–Trinajstić information content (AvgIpc) is 3.21. The van der Waals surface area contributed by atoms with Gasteiger partial charge < -0.3 is 10.3 Å². The Labute approximate surface area is 161 Å². The number of anilines is 2. The van der Waals surface area contributed by atoms with Crippen molar-refractivity contribution in [3.05, 3.63) is 82.9 Å². The van der Waals surface area contributed by atoms with Crippen molar-refractivity contribution in [3.63, 3.8) is 0 Å². The summed E-state index contributed by atoms with van der Waals surface area (Å²) in [7, 11) is 0. The fraction of sp³-hybridized carbons (Fsp3) is 0.182. The molecule has 0 aliphatic carbocycles. The van der Waals surface area contributed by atoms with Crippen molar-refractivity contribution in [2.24, 2.45) is 0 Å². The zero-order valence-electron chi connectivity index (χ0n) is 15.6. The lowest BCUT2D eigenvalue weighted by atomic mass is 10.0. The third-order valence-electron chi connectivity index (χ3n) is 4.69. The number of nitrogens with one attached hydrogen (secondary N) is 2. The lowest BCUT2D eigenvalue weighted by Gasteiger charge is -2.12. The molecule has 3 heterocycles. The Morgan fingerprint density at radius 1 is 1.11 bits per heavy atom. The van der Waals surface area contributed by atoms with Crippen LogP contribution in [0.3, 0.4) is 0 Å². The molecule has 0 aliphatic rings. The van der Waals surface area contributed by atoms with Crippen LogP contribution in [0.1, 0.15) is 25.5 Å². The first-order chi connectivity index (χ1) is 13.7. The Morgan fingerprint density at radius 2 is 1.93 bits per heavy atom. The zero-order chi connectivity index (χ0) is 19.5. The maximum Gasteiger partial charge on any atom is 0.266 e. The number of benzene rings is 1. The van der Waals surface area contributed by atoms with Gasteiger partial charge in [-0.3, -0.25) is 9.20 Å². The molecule has 0 bridgehead atoms. The molecule has 0 spiro atoms. The van der Waals surface area contributed by atoms with Gasteiger partial charge in [-0.15, -0.1) is 0 Å². The van der Waals surface area contributed by atoms with E-state index in [1.165, 1.54) is 16.7 Å². The second-order valence-electron chi connectivity index (χ2n) is 6.72. The molecule has 0 saturated carbocycles. The molecular weight excluding hydrogens is 355 g/mol. The van der Waals surface area contributed by atoms with E-state index in [4.69, 9.17) is 0 Å². The van der Waals surface area contributed by atoms with Crippen molar-refractivity contribution in [1.82, 2.24) is 14.4 Å². The maximum atomic E-state index is 13.7. The number of unbranched alkanes of at least 4 members (excludes halogenated alkanes) is 1. The highest BCUT2D eigenvalue weighted by Gasteiger charge is 2.15. The average molecular weight is 376 g/mol. The molecule has 2 N–H and O–H groups in total. The summed E-state index contributed by atoms with van der Waals surface area (Å²) in [5, 5.41) is 3.28. The van der Waals surface area contributed by atoms with Crippen LogP contribution in [0.4, 0.5) is 15.8 Å². The summed E-state index contributed by atoms with van der Waals surface area (Å²) in [5.41, 5.74) is 4.16. The van der Waals surface area contributed by atoms with Crippen LogP contribution in [-0.2, 0) is 6.42 Å². The Kier molecular flexibility index (Phi) is 4.93. The summed E-state index contributed by atoms with van der Waals surface area (Å²) in [6, 6.07) is 12.4. The van der Waals surface area contributed by atoms with Gasteiger partial charge in [0, 0.05) is 24.3 Å². The van der Waals surface area contributed by atoms with E-state index in [1.807, 2.05) is 42.7 Å². The summed E-state index contributed by atoms with van der Waals surface area (Å²) in [6.45, 7) is 2.10. The summed E-state index contributed by atoms with van der Waals surface area (Å²) in [5.74, 6) is -0.463. The van der Waals surface area contributed by atoms with Crippen molar-refractivity contribution >= 4 is 17.0 Å². The number of fused-ring (bicyclic) bond motifs is 1. The molecule has 0 unspecified atom stereocenters. The van der Waals surface area contributed by atoms with Crippen LogP contribution in [0.5, 0.6) is 0 Å². The van der Waals surface area contributed by atoms with Gasteiger partial charge in [-0.25, -0.2) is 9.37 Å². The SMILES string of the molecule is CCCCc1nc2ccc(F)cn2c(=O)c1-c1ccc(Nc2cc[nH]c2)cc1. The summed E-state index contributed by atoms with van der Waals surface area (Å²) in [4.78, 5) is 20.8. The van der Waals surface area contributed by atoms with Crippen LogP contribution in [0.25, 0.3) is 16.8 Å². The molecule has 142 valence electrons. The van der Waals surface area contributed by atoms with Gasteiger partial charge in [-0.2, -0.15) is 0 Å².